The Kier molecular flexibility index (Phi) is 5.01. The van der Waals surface area contributed by atoms with Crippen LogP contribution in [-0.2, 0) is 0 Å². The zero-order valence-corrected chi connectivity index (χ0v) is 13.9. The van der Waals surface area contributed by atoms with E-state index in [0.717, 1.165) is 28.5 Å². The van der Waals surface area contributed by atoms with E-state index in [9.17, 15) is 5.11 Å². The molecule has 1 aliphatic heterocycles. The molecule has 2 aromatic rings. The molecule has 126 valence electrons. The number of rotatable bonds is 6. The van der Waals surface area contributed by atoms with Crippen LogP contribution < -0.4 is 14.8 Å². The Morgan fingerprint density at radius 1 is 0.917 bits per heavy atom. The molecule has 0 saturated heterocycles. The van der Waals surface area contributed by atoms with Gasteiger partial charge in [0, 0.05) is 6.42 Å². The van der Waals surface area contributed by atoms with Gasteiger partial charge >= 0.3 is 0 Å². The molecule has 0 fully saturated rings. The van der Waals surface area contributed by atoms with E-state index in [2.05, 4.69) is 5.32 Å². The van der Waals surface area contributed by atoms with Crippen LogP contribution in [0.2, 0.25) is 0 Å². The predicted molar refractivity (Wildman–Crippen MR) is 93.7 cm³/mol. The van der Waals surface area contributed by atoms with Gasteiger partial charge in [0.15, 0.2) is 0 Å². The van der Waals surface area contributed by atoms with Crippen LogP contribution in [0.15, 0.2) is 53.5 Å². The number of hydrogen-bond donors (Lipinski definition) is 2. The molecule has 5 nitrogen and oxygen atoms in total. The number of hydrogen-bond acceptors (Lipinski definition) is 5. The topological polar surface area (TPSA) is 63.1 Å². The molecule has 2 aromatic carbocycles. The van der Waals surface area contributed by atoms with Crippen LogP contribution in [0.3, 0.4) is 0 Å². The van der Waals surface area contributed by atoms with E-state index in [0.29, 0.717) is 6.42 Å². The molecule has 3 rings (SSSR count). The molecule has 0 aliphatic carbocycles. The summed E-state index contributed by atoms with van der Waals surface area (Å²) in [7, 11) is 3.31. The lowest BCUT2D eigenvalue weighted by molar-refractivity contribution is 0.306. The molecular formula is C19H22N2O3. The third-order valence-corrected chi connectivity index (χ3v) is 4.21. The first kappa shape index (κ1) is 16.3. The maximum atomic E-state index is 9.22. The summed E-state index contributed by atoms with van der Waals surface area (Å²) in [4.78, 5) is 4.78. The van der Waals surface area contributed by atoms with Crippen molar-refractivity contribution >= 4 is 5.84 Å². The van der Waals surface area contributed by atoms with E-state index in [4.69, 9.17) is 14.5 Å². The van der Waals surface area contributed by atoms with Crippen LogP contribution in [0.1, 0.15) is 29.6 Å². The highest BCUT2D eigenvalue weighted by atomic mass is 16.5. The van der Waals surface area contributed by atoms with Crippen molar-refractivity contribution in [2.45, 2.75) is 18.5 Å². The van der Waals surface area contributed by atoms with Crippen molar-refractivity contribution in [2.75, 3.05) is 20.8 Å². The van der Waals surface area contributed by atoms with Gasteiger partial charge in [-0.3, -0.25) is 4.99 Å². The Balaban J connectivity index is 1.90. The number of ether oxygens (including phenoxy) is 2. The van der Waals surface area contributed by atoms with Gasteiger partial charge in [0.05, 0.1) is 26.9 Å². The Labute approximate surface area is 142 Å². The molecule has 0 bridgehead atoms. The summed E-state index contributed by atoms with van der Waals surface area (Å²) < 4.78 is 10.5. The quantitative estimate of drug-likeness (QED) is 0.857. The number of nitrogens with zero attached hydrogens (tertiary/aromatic N) is 1. The zero-order chi connectivity index (χ0) is 16.9. The minimum absolute atomic E-state index is 0.0332. The molecule has 2 atom stereocenters. The van der Waals surface area contributed by atoms with Crippen molar-refractivity contribution in [1.29, 1.82) is 0 Å². The Bertz CT molecular complexity index is 696. The van der Waals surface area contributed by atoms with E-state index >= 15 is 0 Å². The van der Waals surface area contributed by atoms with Crippen LogP contribution in [0.4, 0.5) is 0 Å². The second kappa shape index (κ2) is 7.36. The van der Waals surface area contributed by atoms with Crippen LogP contribution >= 0.6 is 0 Å². The molecule has 1 aliphatic rings. The summed E-state index contributed by atoms with van der Waals surface area (Å²) in [5, 5.41) is 12.7. The highest BCUT2D eigenvalue weighted by Gasteiger charge is 2.30. The van der Waals surface area contributed by atoms with Crippen LogP contribution in [0.5, 0.6) is 11.5 Å². The van der Waals surface area contributed by atoms with E-state index in [1.54, 1.807) is 14.2 Å². The minimum atomic E-state index is -0.0362. The molecule has 24 heavy (non-hydrogen) atoms. The normalized spacial score (nSPS) is 19.5. The van der Waals surface area contributed by atoms with Gasteiger partial charge in [0.25, 0.3) is 0 Å². The highest BCUT2D eigenvalue weighted by molar-refractivity contribution is 5.85. The Morgan fingerprint density at radius 2 is 1.46 bits per heavy atom. The third-order valence-electron chi connectivity index (χ3n) is 4.21. The zero-order valence-electron chi connectivity index (χ0n) is 13.9. The van der Waals surface area contributed by atoms with Crippen LogP contribution in [0, 0.1) is 0 Å². The lowest BCUT2D eigenvalue weighted by Crippen LogP contribution is -2.25. The highest BCUT2D eigenvalue weighted by Crippen LogP contribution is 2.37. The molecular weight excluding hydrogens is 304 g/mol. The second-order valence-electron chi connectivity index (χ2n) is 5.66. The van der Waals surface area contributed by atoms with Gasteiger partial charge in [-0.25, -0.2) is 0 Å². The summed E-state index contributed by atoms with van der Waals surface area (Å²) in [6.45, 7) is 0.0799. The van der Waals surface area contributed by atoms with Crippen molar-refractivity contribution in [3.05, 3.63) is 59.7 Å². The number of benzene rings is 2. The SMILES string of the molecule is COc1ccc(C2N=C(CCO)NC2c2ccc(OC)cc2)cc1. The largest absolute Gasteiger partial charge is 0.497 e. The van der Waals surface area contributed by atoms with Crippen molar-refractivity contribution in [1.82, 2.24) is 5.32 Å². The summed E-state index contributed by atoms with van der Waals surface area (Å²) in [5.74, 6) is 2.48. The average molecular weight is 326 g/mol. The number of aliphatic imine (C=N–C) groups is 1. The monoisotopic (exact) mass is 326 g/mol. The molecule has 5 heteroatoms. The van der Waals surface area contributed by atoms with Gasteiger partial charge < -0.3 is 19.9 Å². The molecule has 0 radical (unpaired) electrons. The van der Waals surface area contributed by atoms with E-state index in [1.165, 1.54) is 0 Å². The number of aliphatic hydroxyl groups excluding tert-OH is 1. The fourth-order valence-corrected chi connectivity index (χ4v) is 2.93. The van der Waals surface area contributed by atoms with Gasteiger partial charge in [-0.2, -0.15) is 0 Å². The fraction of sp³-hybridized carbons (Fsp3) is 0.316. The smallest absolute Gasteiger partial charge is 0.118 e. The maximum Gasteiger partial charge on any atom is 0.118 e. The number of aliphatic hydroxyl groups is 1. The Morgan fingerprint density at radius 3 is 1.96 bits per heavy atom. The second-order valence-corrected chi connectivity index (χ2v) is 5.66. The van der Waals surface area contributed by atoms with E-state index in [1.807, 2.05) is 48.5 Å². The third kappa shape index (κ3) is 3.36. The molecule has 0 aromatic heterocycles. The van der Waals surface area contributed by atoms with Gasteiger partial charge in [0.1, 0.15) is 23.4 Å². The van der Waals surface area contributed by atoms with Crippen LogP contribution in [0.25, 0.3) is 0 Å². The lowest BCUT2D eigenvalue weighted by Gasteiger charge is -2.20. The summed E-state index contributed by atoms with van der Waals surface area (Å²) in [5.41, 5.74) is 2.24. The average Bonchev–Trinajstić information content (AvgIpc) is 3.06. The molecule has 0 amide bonds. The first-order valence-corrected chi connectivity index (χ1v) is 7.97. The molecule has 2 unspecified atom stereocenters. The maximum absolute atomic E-state index is 9.22. The molecule has 2 N–H and O–H groups in total. The fourth-order valence-electron chi connectivity index (χ4n) is 2.93. The molecule has 1 heterocycles. The summed E-state index contributed by atoms with van der Waals surface area (Å²) in [6.07, 6.45) is 0.527. The number of amidine groups is 1. The number of methoxy groups -OCH3 is 2. The molecule has 0 spiro atoms. The summed E-state index contributed by atoms with van der Waals surface area (Å²) >= 11 is 0. The van der Waals surface area contributed by atoms with Crippen molar-refractivity contribution in [3.8, 4) is 11.5 Å². The van der Waals surface area contributed by atoms with Gasteiger partial charge in [-0.05, 0) is 35.4 Å². The van der Waals surface area contributed by atoms with E-state index < -0.39 is 0 Å². The predicted octanol–water partition coefficient (Wildman–Crippen LogP) is 2.87. The lowest BCUT2D eigenvalue weighted by atomic mass is 9.95. The van der Waals surface area contributed by atoms with Gasteiger partial charge in [-0.15, -0.1) is 0 Å². The Hall–Kier alpha value is -2.53. The first-order chi connectivity index (χ1) is 11.7. The van der Waals surface area contributed by atoms with Crippen molar-refractivity contribution in [2.24, 2.45) is 4.99 Å². The number of nitrogens with one attached hydrogen (secondary N) is 1. The first-order valence-electron chi connectivity index (χ1n) is 7.97. The summed E-state index contributed by atoms with van der Waals surface area (Å²) in [6, 6.07) is 15.9. The molecule has 0 saturated carbocycles. The van der Waals surface area contributed by atoms with Crippen LogP contribution in [-0.4, -0.2) is 31.8 Å². The van der Waals surface area contributed by atoms with Crippen molar-refractivity contribution in [3.63, 3.8) is 0 Å². The minimum Gasteiger partial charge on any atom is -0.497 e. The van der Waals surface area contributed by atoms with Gasteiger partial charge in [0.2, 0.25) is 0 Å². The van der Waals surface area contributed by atoms with Crippen molar-refractivity contribution < 1.29 is 14.6 Å². The van der Waals surface area contributed by atoms with Gasteiger partial charge in [-0.1, -0.05) is 24.3 Å². The van der Waals surface area contributed by atoms with E-state index in [-0.39, 0.29) is 18.7 Å². The standard InChI is InChI=1S/C19H22N2O3/c1-23-15-7-3-13(4-8-15)18-19(21-17(20-18)11-12-22)14-5-9-16(24-2)10-6-14/h3-10,18-19,22H,11-12H2,1-2H3,(H,20,21).